The molecule has 0 saturated carbocycles. The van der Waals surface area contributed by atoms with Gasteiger partial charge in [0.2, 0.25) is 6.79 Å². The molecule has 2 aromatic rings. The Morgan fingerprint density at radius 3 is 2.70 bits per heavy atom. The van der Waals surface area contributed by atoms with Crippen molar-refractivity contribution >= 4 is 29.9 Å². The molecule has 1 aliphatic heterocycles. The van der Waals surface area contributed by atoms with Crippen LogP contribution in [-0.2, 0) is 6.42 Å². The number of ether oxygens (including phenoxy) is 3. The minimum Gasteiger partial charge on any atom is -0.492 e. The van der Waals surface area contributed by atoms with Gasteiger partial charge >= 0.3 is 0 Å². The third-order valence-electron chi connectivity index (χ3n) is 4.15. The van der Waals surface area contributed by atoms with Crippen LogP contribution >= 0.6 is 24.0 Å². The van der Waals surface area contributed by atoms with Crippen LogP contribution in [0.2, 0.25) is 0 Å². The Morgan fingerprint density at radius 1 is 1.15 bits per heavy atom. The van der Waals surface area contributed by atoms with Gasteiger partial charge in [-0.2, -0.15) is 0 Å². The Bertz CT molecular complexity index is 741. The molecule has 0 fully saturated rings. The summed E-state index contributed by atoms with van der Waals surface area (Å²) >= 11 is 0. The molecule has 0 spiro atoms. The lowest BCUT2D eigenvalue weighted by Gasteiger charge is -2.22. The molecule has 1 N–H and O–H groups in total. The Kier molecular flexibility index (Phi) is 8.50. The third-order valence-corrected chi connectivity index (χ3v) is 4.15. The summed E-state index contributed by atoms with van der Waals surface area (Å²) in [6.45, 7) is 2.44. The molecule has 146 valence electrons. The number of halogens is 1. The highest BCUT2D eigenvalue weighted by atomic mass is 127. The van der Waals surface area contributed by atoms with Crippen LogP contribution < -0.4 is 19.5 Å². The molecule has 0 aliphatic carbocycles. The number of para-hydroxylation sites is 1. The maximum absolute atomic E-state index is 5.74. The van der Waals surface area contributed by atoms with Crippen molar-refractivity contribution in [1.82, 2.24) is 10.2 Å². The summed E-state index contributed by atoms with van der Waals surface area (Å²) in [5, 5.41) is 3.38. The Balaban J connectivity index is 0.00000261. The maximum atomic E-state index is 5.74. The number of hydrogen-bond acceptors (Lipinski definition) is 4. The van der Waals surface area contributed by atoms with Crippen LogP contribution in [0.15, 0.2) is 53.5 Å². The molecule has 0 atom stereocenters. The van der Waals surface area contributed by atoms with Crippen molar-refractivity contribution in [3.63, 3.8) is 0 Å². The van der Waals surface area contributed by atoms with Gasteiger partial charge in [0.05, 0.1) is 6.54 Å². The van der Waals surface area contributed by atoms with Crippen molar-refractivity contribution in [3.05, 3.63) is 54.1 Å². The van der Waals surface area contributed by atoms with Crippen LogP contribution in [0.3, 0.4) is 0 Å². The third kappa shape index (κ3) is 6.20. The summed E-state index contributed by atoms with van der Waals surface area (Å²) in [6, 6.07) is 15.9. The van der Waals surface area contributed by atoms with E-state index in [1.54, 1.807) is 7.05 Å². The summed E-state index contributed by atoms with van der Waals surface area (Å²) in [7, 11) is 3.79. The monoisotopic (exact) mass is 483 g/mol. The van der Waals surface area contributed by atoms with E-state index in [1.165, 1.54) is 5.56 Å². The van der Waals surface area contributed by atoms with E-state index < -0.39 is 0 Å². The smallest absolute Gasteiger partial charge is 0.231 e. The number of hydrogen-bond donors (Lipinski definition) is 1. The lowest BCUT2D eigenvalue weighted by molar-refractivity contribution is 0.174. The zero-order valence-corrected chi connectivity index (χ0v) is 18.0. The first kappa shape index (κ1) is 21.1. The summed E-state index contributed by atoms with van der Waals surface area (Å²) in [5.41, 5.74) is 1.20. The fraction of sp³-hybridized carbons (Fsp3) is 0.350. The predicted molar refractivity (Wildman–Crippen MR) is 118 cm³/mol. The van der Waals surface area contributed by atoms with E-state index in [-0.39, 0.29) is 24.0 Å². The van der Waals surface area contributed by atoms with Gasteiger partial charge in [-0.25, -0.2) is 0 Å². The summed E-state index contributed by atoms with van der Waals surface area (Å²) in [5.74, 6) is 3.37. The van der Waals surface area contributed by atoms with Gasteiger partial charge in [-0.05, 0) is 36.2 Å². The first-order valence-electron chi connectivity index (χ1n) is 8.74. The molecule has 27 heavy (non-hydrogen) atoms. The second-order valence-electron chi connectivity index (χ2n) is 5.99. The van der Waals surface area contributed by atoms with E-state index in [4.69, 9.17) is 14.2 Å². The van der Waals surface area contributed by atoms with Crippen LogP contribution in [0.25, 0.3) is 0 Å². The van der Waals surface area contributed by atoms with Gasteiger partial charge in [0.25, 0.3) is 0 Å². The van der Waals surface area contributed by atoms with Gasteiger partial charge in [0, 0.05) is 20.6 Å². The van der Waals surface area contributed by atoms with E-state index in [1.807, 2.05) is 49.5 Å². The summed E-state index contributed by atoms with van der Waals surface area (Å²) in [4.78, 5) is 6.39. The SMILES string of the molecule is CN=C(NCCc1ccc2c(c1)OCO2)N(C)CCOc1ccccc1.I. The van der Waals surface area contributed by atoms with Crippen molar-refractivity contribution in [2.24, 2.45) is 4.99 Å². The summed E-state index contributed by atoms with van der Waals surface area (Å²) < 4.78 is 16.5. The van der Waals surface area contributed by atoms with Crippen LogP contribution in [-0.4, -0.2) is 51.4 Å². The van der Waals surface area contributed by atoms with Gasteiger partial charge in [-0.3, -0.25) is 4.99 Å². The number of benzene rings is 2. The minimum atomic E-state index is 0. The van der Waals surface area contributed by atoms with Gasteiger partial charge < -0.3 is 24.4 Å². The van der Waals surface area contributed by atoms with E-state index in [0.717, 1.165) is 42.7 Å². The normalized spacial score (nSPS) is 12.3. The van der Waals surface area contributed by atoms with Gasteiger partial charge in [0.15, 0.2) is 17.5 Å². The molecule has 0 amide bonds. The molecule has 6 nitrogen and oxygen atoms in total. The van der Waals surface area contributed by atoms with E-state index in [9.17, 15) is 0 Å². The second-order valence-corrected chi connectivity index (χ2v) is 5.99. The average Bonchev–Trinajstić information content (AvgIpc) is 3.14. The van der Waals surface area contributed by atoms with E-state index >= 15 is 0 Å². The molecule has 0 aromatic heterocycles. The lowest BCUT2D eigenvalue weighted by Crippen LogP contribution is -2.41. The summed E-state index contributed by atoms with van der Waals surface area (Å²) in [6.07, 6.45) is 0.879. The number of fused-ring (bicyclic) bond motifs is 1. The standard InChI is InChI=1S/C20H25N3O3.HI/c1-21-20(23(2)12-13-24-17-6-4-3-5-7-17)22-11-10-16-8-9-18-19(14-16)26-15-25-18;/h3-9,14H,10-13,15H2,1-2H3,(H,21,22);1H. The molecule has 0 bridgehead atoms. The first-order valence-corrected chi connectivity index (χ1v) is 8.74. The van der Waals surface area contributed by atoms with Crippen molar-refractivity contribution < 1.29 is 14.2 Å². The molecule has 3 rings (SSSR count). The lowest BCUT2D eigenvalue weighted by atomic mass is 10.1. The van der Waals surface area contributed by atoms with Gasteiger partial charge in [0.1, 0.15) is 12.4 Å². The van der Waals surface area contributed by atoms with Crippen molar-refractivity contribution in [1.29, 1.82) is 0 Å². The Hall–Kier alpha value is -2.16. The zero-order chi connectivity index (χ0) is 18.2. The zero-order valence-electron chi connectivity index (χ0n) is 15.7. The van der Waals surface area contributed by atoms with Crippen molar-refractivity contribution in [2.75, 3.05) is 40.6 Å². The van der Waals surface area contributed by atoms with Crippen LogP contribution in [0.5, 0.6) is 17.2 Å². The molecule has 0 saturated heterocycles. The maximum Gasteiger partial charge on any atom is 0.231 e. The van der Waals surface area contributed by atoms with Crippen LogP contribution in [0.4, 0.5) is 0 Å². The molecule has 1 aliphatic rings. The molecule has 1 heterocycles. The van der Waals surface area contributed by atoms with Crippen molar-refractivity contribution in [3.8, 4) is 17.2 Å². The Labute approximate surface area is 177 Å². The molecule has 2 aromatic carbocycles. The van der Waals surface area contributed by atoms with E-state index in [0.29, 0.717) is 13.4 Å². The largest absolute Gasteiger partial charge is 0.492 e. The second kappa shape index (κ2) is 10.9. The highest BCUT2D eigenvalue weighted by Crippen LogP contribution is 2.32. The van der Waals surface area contributed by atoms with Crippen LogP contribution in [0.1, 0.15) is 5.56 Å². The minimum absolute atomic E-state index is 0. The molecule has 0 unspecified atom stereocenters. The predicted octanol–water partition coefficient (Wildman–Crippen LogP) is 3.16. The molecular weight excluding hydrogens is 457 g/mol. The highest BCUT2D eigenvalue weighted by molar-refractivity contribution is 14.0. The molecular formula is C20H26IN3O3. The number of likely N-dealkylation sites (N-methyl/N-ethyl adjacent to an activating group) is 1. The van der Waals surface area contributed by atoms with Crippen LogP contribution in [0, 0.1) is 0 Å². The Morgan fingerprint density at radius 2 is 1.93 bits per heavy atom. The number of aliphatic imine (C=N–C) groups is 1. The fourth-order valence-electron chi connectivity index (χ4n) is 2.72. The number of guanidine groups is 1. The molecule has 7 heteroatoms. The van der Waals surface area contributed by atoms with Gasteiger partial charge in [-0.1, -0.05) is 24.3 Å². The van der Waals surface area contributed by atoms with Crippen molar-refractivity contribution in [2.45, 2.75) is 6.42 Å². The topological polar surface area (TPSA) is 55.3 Å². The number of nitrogens with zero attached hydrogens (tertiary/aromatic N) is 2. The van der Waals surface area contributed by atoms with E-state index in [2.05, 4.69) is 21.3 Å². The fourth-order valence-corrected chi connectivity index (χ4v) is 2.72. The first-order chi connectivity index (χ1) is 12.8. The number of rotatable bonds is 7. The highest BCUT2D eigenvalue weighted by Gasteiger charge is 2.13. The molecule has 0 radical (unpaired) electrons. The number of nitrogens with one attached hydrogen (secondary N) is 1. The quantitative estimate of drug-likeness (QED) is 0.373. The van der Waals surface area contributed by atoms with Gasteiger partial charge in [-0.15, -0.1) is 24.0 Å². The average molecular weight is 483 g/mol.